The van der Waals surface area contributed by atoms with E-state index in [0.29, 0.717) is 40.8 Å². The second-order valence-electron chi connectivity index (χ2n) is 10.7. The van der Waals surface area contributed by atoms with Gasteiger partial charge in [0.25, 0.3) is 5.56 Å². The van der Waals surface area contributed by atoms with Crippen LogP contribution < -0.4 is 20.7 Å². The van der Waals surface area contributed by atoms with E-state index in [0.717, 1.165) is 54.9 Å². The number of piperazine rings is 1. The van der Waals surface area contributed by atoms with Gasteiger partial charge in [-0.1, -0.05) is 0 Å². The molecule has 1 aromatic carbocycles. The number of piperidine rings is 1. The van der Waals surface area contributed by atoms with E-state index in [4.69, 9.17) is 0 Å². The third kappa shape index (κ3) is 5.70. The summed E-state index contributed by atoms with van der Waals surface area (Å²) in [5.41, 5.74) is 3.33. The Balaban J connectivity index is 1.19. The predicted octanol–water partition coefficient (Wildman–Crippen LogP) is 4.60. The molecule has 4 heterocycles. The Hall–Kier alpha value is -3.86. The molecule has 0 amide bonds. The Bertz CT molecular complexity index is 1520. The predicted molar refractivity (Wildman–Crippen MR) is 161 cm³/mol. The van der Waals surface area contributed by atoms with Crippen molar-refractivity contribution >= 4 is 38.8 Å². The van der Waals surface area contributed by atoms with E-state index >= 15 is 0 Å². The molecule has 206 valence electrons. The molecule has 3 aromatic rings. The minimum absolute atomic E-state index is 0.109. The molecule has 0 radical (unpaired) electrons. The van der Waals surface area contributed by atoms with Crippen LogP contribution in [0.3, 0.4) is 0 Å². The fraction of sp³-hybridized carbons (Fsp3) is 0.400. The summed E-state index contributed by atoms with van der Waals surface area (Å²) in [5.74, 6) is 0.634. The molecule has 2 aromatic heterocycles. The number of nitrogens with zero attached hydrogens (tertiary/aromatic N) is 7. The molecule has 5 rings (SSSR count). The summed E-state index contributed by atoms with van der Waals surface area (Å²) < 4.78 is 2.35. The molecule has 2 saturated heterocycles. The van der Waals surface area contributed by atoms with Crippen LogP contribution in [0.1, 0.15) is 37.8 Å². The van der Waals surface area contributed by atoms with E-state index in [1.165, 1.54) is 4.57 Å². The van der Waals surface area contributed by atoms with Gasteiger partial charge < -0.3 is 19.7 Å². The Labute approximate surface area is 243 Å². The number of pyridine rings is 2. The zero-order valence-electron chi connectivity index (χ0n) is 23.0. The summed E-state index contributed by atoms with van der Waals surface area (Å²) in [7, 11) is 1.72. The molecular weight excluding hydrogens is 568 g/mol. The molecule has 40 heavy (non-hydrogen) atoms. The van der Waals surface area contributed by atoms with Crippen LogP contribution in [0.2, 0.25) is 0 Å². The van der Waals surface area contributed by atoms with Gasteiger partial charge in [0.1, 0.15) is 23.6 Å². The minimum atomic E-state index is -0.109. The monoisotopic (exact) mass is 600 g/mol. The number of aromatic nitrogens is 2. The maximum absolute atomic E-state index is 12.4. The Kier molecular flexibility index (Phi) is 8.11. The van der Waals surface area contributed by atoms with E-state index in [9.17, 15) is 15.3 Å². The first-order chi connectivity index (χ1) is 19.3. The summed E-state index contributed by atoms with van der Waals surface area (Å²) in [6.07, 6.45) is 5.74. The summed E-state index contributed by atoms with van der Waals surface area (Å²) in [4.78, 5) is 24.4. The number of anilines is 4. The molecule has 1 unspecified atom stereocenters. The first kappa shape index (κ1) is 27.7. The van der Waals surface area contributed by atoms with Crippen molar-refractivity contribution < 1.29 is 0 Å². The topological polar surface area (TPSA) is 104 Å². The molecular formula is C30H33BrN8O. The Morgan fingerprint density at radius 1 is 0.975 bits per heavy atom. The van der Waals surface area contributed by atoms with Gasteiger partial charge in [-0.2, -0.15) is 10.5 Å². The lowest BCUT2D eigenvalue weighted by Crippen LogP contribution is -2.58. The molecule has 2 aliphatic heterocycles. The smallest absolute Gasteiger partial charge is 0.274 e. The van der Waals surface area contributed by atoms with Crippen LogP contribution in [0, 0.1) is 22.7 Å². The number of benzene rings is 1. The summed E-state index contributed by atoms with van der Waals surface area (Å²) in [5, 5.41) is 21.8. The molecule has 0 spiro atoms. The van der Waals surface area contributed by atoms with E-state index in [2.05, 4.69) is 73.0 Å². The van der Waals surface area contributed by atoms with Gasteiger partial charge in [0, 0.05) is 67.7 Å². The van der Waals surface area contributed by atoms with Gasteiger partial charge >= 0.3 is 0 Å². The highest BCUT2D eigenvalue weighted by atomic mass is 79.9. The van der Waals surface area contributed by atoms with Crippen LogP contribution in [0.25, 0.3) is 0 Å². The van der Waals surface area contributed by atoms with Crippen LogP contribution in [-0.2, 0) is 7.05 Å². The number of hydrogen-bond acceptors (Lipinski definition) is 8. The van der Waals surface area contributed by atoms with E-state index in [-0.39, 0.29) is 5.56 Å². The highest BCUT2D eigenvalue weighted by molar-refractivity contribution is 9.10. The molecule has 2 aliphatic rings. The normalized spacial score (nSPS) is 21.5. The average Bonchev–Trinajstić information content (AvgIpc) is 2.95. The molecule has 9 nitrogen and oxygen atoms in total. The summed E-state index contributed by atoms with van der Waals surface area (Å²) in [6, 6.07) is 16.8. The van der Waals surface area contributed by atoms with Crippen molar-refractivity contribution in [3.63, 3.8) is 0 Å². The standard InChI is InChI=1S/C30H33BrN8O/c1-20-12-25(8-9-38(20)26-5-4-22(15-32)23(13-26)16-33)37-10-11-39(21(2)18-37)27-6-7-29(34-17-27)35-28-14-24(31)19-36(3)30(28)40/h4-7,13-14,17,19-21,25H,8-12,18H2,1-3H3,(H,34,35)/t20-,21-,25?/m0/s1. The van der Waals surface area contributed by atoms with Crippen molar-refractivity contribution in [3.05, 3.63) is 74.7 Å². The number of nitrogens with one attached hydrogen (secondary N) is 1. The van der Waals surface area contributed by atoms with Gasteiger partial charge in [0.05, 0.1) is 23.0 Å². The molecule has 10 heteroatoms. The Morgan fingerprint density at radius 2 is 1.73 bits per heavy atom. The number of aryl methyl sites for hydroxylation is 1. The second-order valence-corrected chi connectivity index (χ2v) is 11.6. The molecule has 1 N–H and O–H groups in total. The van der Waals surface area contributed by atoms with Crippen LogP contribution in [0.15, 0.2) is 58.1 Å². The Morgan fingerprint density at radius 3 is 2.40 bits per heavy atom. The first-order valence-corrected chi connectivity index (χ1v) is 14.4. The highest BCUT2D eigenvalue weighted by Crippen LogP contribution is 2.31. The van der Waals surface area contributed by atoms with Gasteiger partial charge in [-0.3, -0.25) is 9.69 Å². The SMILES string of the molecule is C[C@H]1CC(N2CCN(c3ccc(Nc4cc(Br)cn(C)c4=O)nc3)[C@@H](C)C2)CCN1c1ccc(C#N)c(C#N)c1. The van der Waals surface area contributed by atoms with Crippen molar-refractivity contribution in [3.8, 4) is 12.1 Å². The van der Waals surface area contributed by atoms with Gasteiger partial charge in [0.2, 0.25) is 0 Å². The summed E-state index contributed by atoms with van der Waals surface area (Å²) >= 11 is 3.44. The average molecular weight is 602 g/mol. The van der Waals surface area contributed by atoms with Gasteiger partial charge in [-0.15, -0.1) is 0 Å². The van der Waals surface area contributed by atoms with Gasteiger partial charge in [-0.05, 0) is 79.0 Å². The number of rotatable bonds is 5. The molecule has 3 atom stereocenters. The third-order valence-electron chi connectivity index (χ3n) is 8.09. The van der Waals surface area contributed by atoms with E-state index < -0.39 is 0 Å². The number of nitriles is 2. The lowest BCUT2D eigenvalue weighted by atomic mass is 9.94. The zero-order chi connectivity index (χ0) is 28.4. The van der Waals surface area contributed by atoms with E-state index in [1.54, 1.807) is 25.4 Å². The van der Waals surface area contributed by atoms with Crippen molar-refractivity contribution in [1.82, 2.24) is 14.5 Å². The first-order valence-electron chi connectivity index (χ1n) is 13.6. The van der Waals surface area contributed by atoms with Gasteiger partial charge in [-0.25, -0.2) is 4.98 Å². The van der Waals surface area contributed by atoms with Crippen LogP contribution in [0.4, 0.5) is 22.9 Å². The molecule has 0 aliphatic carbocycles. The maximum Gasteiger partial charge on any atom is 0.274 e. The van der Waals surface area contributed by atoms with E-state index in [1.807, 2.05) is 24.4 Å². The van der Waals surface area contributed by atoms with Gasteiger partial charge in [0.15, 0.2) is 0 Å². The second kappa shape index (κ2) is 11.7. The molecule has 2 fully saturated rings. The quantitative estimate of drug-likeness (QED) is 0.453. The van der Waals surface area contributed by atoms with Crippen LogP contribution >= 0.6 is 15.9 Å². The number of hydrogen-bond donors (Lipinski definition) is 1. The minimum Gasteiger partial charge on any atom is -0.369 e. The lowest BCUT2D eigenvalue weighted by molar-refractivity contribution is 0.132. The van der Waals surface area contributed by atoms with Crippen LogP contribution in [-0.4, -0.2) is 58.8 Å². The van der Waals surface area contributed by atoms with Crippen molar-refractivity contribution in [2.24, 2.45) is 7.05 Å². The lowest BCUT2D eigenvalue weighted by Gasteiger charge is -2.48. The van der Waals surface area contributed by atoms with Crippen LogP contribution in [0.5, 0.6) is 0 Å². The molecule has 0 saturated carbocycles. The van der Waals surface area contributed by atoms with Crippen molar-refractivity contribution in [2.45, 2.75) is 44.8 Å². The third-order valence-corrected chi connectivity index (χ3v) is 8.53. The van der Waals surface area contributed by atoms with Crippen molar-refractivity contribution in [1.29, 1.82) is 10.5 Å². The van der Waals surface area contributed by atoms with Crippen molar-refractivity contribution in [2.75, 3.05) is 41.3 Å². The fourth-order valence-corrected chi connectivity index (χ4v) is 6.53. The maximum atomic E-state index is 12.4. The largest absolute Gasteiger partial charge is 0.369 e. The highest BCUT2D eigenvalue weighted by Gasteiger charge is 2.33. The summed E-state index contributed by atoms with van der Waals surface area (Å²) in [6.45, 7) is 8.35. The number of halogens is 1. The molecule has 0 bridgehead atoms. The zero-order valence-corrected chi connectivity index (χ0v) is 24.6. The fourth-order valence-electron chi connectivity index (χ4n) is 5.99.